The third-order valence-corrected chi connectivity index (χ3v) is 3.08. The summed E-state index contributed by atoms with van der Waals surface area (Å²) in [5.41, 5.74) is 10.2. The molecule has 0 fully saturated rings. The highest BCUT2D eigenvalue weighted by Crippen LogP contribution is 2.17. The van der Waals surface area contributed by atoms with Crippen LogP contribution < -0.4 is 5.73 Å². The molecule has 19 heavy (non-hydrogen) atoms. The lowest BCUT2D eigenvalue weighted by molar-refractivity contribution is 0.824. The molecule has 0 aliphatic heterocycles. The number of imidazole rings is 1. The number of fused-ring (bicyclic) bond motifs is 1. The number of rotatable bonds is 2. The molecule has 0 aliphatic carbocycles. The van der Waals surface area contributed by atoms with E-state index in [1.165, 1.54) is 0 Å². The molecule has 3 rings (SSSR count). The Bertz CT molecular complexity index is 763. The molecule has 1 heterocycles. The van der Waals surface area contributed by atoms with Crippen molar-refractivity contribution in [1.29, 1.82) is 5.26 Å². The van der Waals surface area contributed by atoms with Gasteiger partial charge in [-0.2, -0.15) is 5.26 Å². The number of nitrogen functional groups attached to an aromatic ring is 1. The van der Waals surface area contributed by atoms with Crippen LogP contribution >= 0.6 is 0 Å². The highest BCUT2D eigenvalue weighted by molar-refractivity contribution is 5.79. The lowest BCUT2D eigenvalue weighted by Gasteiger charge is -2.04. The summed E-state index contributed by atoms with van der Waals surface area (Å²) in [6, 6.07) is 15.4. The van der Waals surface area contributed by atoms with E-state index < -0.39 is 0 Å². The van der Waals surface area contributed by atoms with Gasteiger partial charge in [-0.15, -0.1) is 0 Å². The topological polar surface area (TPSA) is 67.6 Å². The number of nitriles is 1. The number of nitrogens with zero attached hydrogens (tertiary/aromatic N) is 3. The van der Waals surface area contributed by atoms with Crippen LogP contribution in [0.1, 0.15) is 11.1 Å². The molecule has 0 bridgehead atoms. The van der Waals surface area contributed by atoms with Gasteiger partial charge in [0.05, 0.1) is 29.0 Å². The first kappa shape index (κ1) is 11.3. The van der Waals surface area contributed by atoms with Crippen molar-refractivity contribution in [1.82, 2.24) is 9.55 Å². The second kappa shape index (κ2) is 4.46. The number of anilines is 1. The van der Waals surface area contributed by atoms with E-state index in [0.29, 0.717) is 5.56 Å². The molecule has 0 atom stereocenters. The molecular weight excluding hydrogens is 236 g/mol. The molecule has 0 saturated carbocycles. The zero-order valence-electron chi connectivity index (χ0n) is 10.2. The van der Waals surface area contributed by atoms with Gasteiger partial charge in [-0.05, 0) is 35.9 Å². The second-order valence-corrected chi connectivity index (χ2v) is 4.43. The summed E-state index contributed by atoms with van der Waals surface area (Å²) in [5.74, 6) is 0. The van der Waals surface area contributed by atoms with E-state index in [1.54, 1.807) is 0 Å². The average molecular weight is 248 g/mol. The maximum absolute atomic E-state index is 8.78. The SMILES string of the molecule is N#Cc1ccc(Cn2cnc3cc(N)ccc32)cc1. The quantitative estimate of drug-likeness (QED) is 0.708. The van der Waals surface area contributed by atoms with Crippen molar-refractivity contribution in [3.63, 3.8) is 0 Å². The summed E-state index contributed by atoms with van der Waals surface area (Å²) in [6.07, 6.45) is 1.81. The summed E-state index contributed by atoms with van der Waals surface area (Å²) in [5, 5.41) is 8.78. The van der Waals surface area contributed by atoms with E-state index in [2.05, 4.69) is 15.6 Å². The Morgan fingerprint density at radius 3 is 2.68 bits per heavy atom. The minimum absolute atomic E-state index is 0.673. The van der Waals surface area contributed by atoms with Crippen molar-refractivity contribution in [2.45, 2.75) is 6.54 Å². The van der Waals surface area contributed by atoms with Crippen LogP contribution in [0.15, 0.2) is 48.8 Å². The van der Waals surface area contributed by atoms with Crippen molar-refractivity contribution in [3.8, 4) is 6.07 Å². The highest BCUT2D eigenvalue weighted by atomic mass is 15.0. The van der Waals surface area contributed by atoms with Gasteiger partial charge < -0.3 is 10.3 Å². The van der Waals surface area contributed by atoms with E-state index in [1.807, 2.05) is 48.8 Å². The Morgan fingerprint density at radius 1 is 1.16 bits per heavy atom. The molecule has 0 unspecified atom stereocenters. The van der Waals surface area contributed by atoms with Gasteiger partial charge in [0, 0.05) is 12.2 Å². The Kier molecular flexibility index (Phi) is 2.66. The first-order valence-corrected chi connectivity index (χ1v) is 5.96. The van der Waals surface area contributed by atoms with Gasteiger partial charge in [0.15, 0.2) is 0 Å². The Balaban J connectivity index is 1.94. The third-order valence-electron chi connectivity index (χ3n) is 3.08. The van der Waals surface area contributed by atoms with Crippen LogP contribution in [0.25, 0.3) is 11.0 Å². The van der Waals surface area contributed by atoms with Crippen LogP contribution in [0, 0.1) is 11.3 Å². The standard InChI is InChI=1S/C15H12N4/c16-8-11-1-3-12(4-2-11)9-19-10-18-14-7-13(17)5-6-15(14)19/h1-7,10H,9,17H2. The normalized spacial score (nSPS) is 10.5. The maximum atomic E-state index is 8.78. The largest absolute Gasteiger partial charge is 0.399 e. The van der Waals surface area contributed by atoms with Gasteiger partial charge >= 0.3 is 0 Å². The minimum atomic E-state index is 0.673. The van der Waals surface area contributed by atoms with Crippen LogP contribution in [-0.2, 0) is 6.54 Å². The molecular formula is C15H12N4. The molecule has 2 N–H and O–H groups in total. The van der Waals surface area contributed by atoms with Gasteiger partial charge in [-0.3, -0.25) is 0 Å². The molecule has 3 aromatic rings. The number of nitrogens with two attached hydrogens (primary N) is 1. The fraction of sp³-hybridized carbons (Fsp3) is 0.0667. The van der Waals surface area contributed by atoms with Gasteiger partial charge in [0.25, 0.3) is 0 Å². The number of hydrogen-bond donors (Lipinski definition) is 1. The Labute approximate surface area is 110 Å². The summed E-state index contributed by atoms with van der Waals surface area (Å²) >= 11 is 0. The van der Waals surface area contributed by atoms with E-state index in [0.717, 1.165) is 28.8 Å². The van der Waals surface area contributed by atoms with E-state index in [-0.39, 0.29) is 0 Å². The van der Waals surface area contributed by atoms with Crippen LogP contribution in [0.2, 0.25) is 0 Å². The first-order valence-electron chi connectivity index (χ1n) is 5.96. The van der Waals surface area contributed by atoms with Crippen molar-refractivity contribution in [2.24, 2.45) is 0 Å². The third kappa shape index (κ3) is 2.14. The molecule has 0 radical (unpaired) electrons. The summed E-state index contributed by atoms with van der Waals surface area (Å²) in [7, 11) is 0. The summed E-state index contributed by atoms with van der Waals surface area (Å²) < 4.78 is 2.07. The molecule has 0 aliphatic rings. The van der Waals surface area contributed by atoms with Gasteiger partial charge in [-0.25, -0.2) is 4.98 Å². The smallest absolute Gasteiger partial charge is 0.0991 e. The molecule has 1 aromatic heterocycles. The van der Waals surface area contributed by atoms with Crippen LogP contribution in [0.3, 0.4) is 0 Å². The lowest BCUT2D eigenvalue weighted by atomic mass is 10.1. The lowest BCUT2D eigenvalue weighted by Crippen LogP contribution is -1.98. The van der Waals surface area contributed by atoms with E-state index in [9.17, 15) is 0 Å². The second-order valence-electron chi connectivity index (χ2n) is 4.43. The fourth-order valence-corrected chi connectivity index (χ4v) is 2.09. The van der Waals surface area contributed by atoms with E-state index >= 15 is 0 Å². The van der Waals surface area contributed by atoms with Crippen LogP contribution in [-0.4, -0.2) is 9.55 Å². The summed E-state index contributed by atoms with van der Waals surface area (Å²) in [6.45, 7) is 0.728. The molecule has 4 heteroatoms. The first-order chi connectivity index (χ1) is 9.26. The van der Waals surface area contributed by atoms with Crippen molar-refractivity contribution in [2.75, 3.05) is 5.73 Å². The van der Waals surface area contributed by atoms with Crippen molar-refractivity contribution >= 4 is 16.7 Å². The average Bonchev–Trinajstić information content (AvgIpc) is 2.82. The van der Waals surface area contributed by atoms with Crippen molar-refractivity contribution < 1.29 is 0 Å². The molecule has 0 spiro atoms. The minimum Gasteiger partial charge on any atom is -0.399 e. The van der Waals surface area contributed by atoms with Crippen LogP contribution in [0.5, 0.6) is 0 Å². The molecule has 4 nitrogen and oxygen atoms in total. The Morgan fingerprint density at radius 2 is 1.95 bits per heavy atom. The molecule has 2 aromatic carbocycles. The monoisotopic (exact) mass is 248 g/mol. The predicted molar refractivity (Wildman–Crippen MR) is 74.4 cm³/mol. The molecule has 92 valence electrons. The summed E-state index contributed by atoms with van der Waals surface area (Å²) in [4.78, 5) is 4.34. The predicted octanol–water partition coefficient (Wildman–Crippen LogP) is 2.54. The Hall–Kier alpha value is -2.80. The molecule has 0 saturated heterocycles. The fourth-order valence-electron chi connectivity index (χ4n) is 2.09. The van der Waals surface area contributed by atoms with Crippen molar-refractivity contribution in [3.05, 3.63) is 59.9 Å². The molecule has 0 amide bonds. The van der Waals surface area contributed by atoms with Gasteiger partial charge in [0.2, 0.25) is 0 Å². The maximum Gasteiger partial charge on any atom is 0.0991 e. The van der Waals surface area contributed by atoms with E-state index in [4.69, 9.17) is 11.0 Å². The number of benzene rings is 2. The zero-order valence-corrected chi connectivity index (χ0v) is 10.2. The van der Waals surface area contributed by atoms with Gasteiger partial charge in [-0.1, -0.05) is 12.1 Å². The zero-order chi connectivity index (χ0) is 13.2. The van der Waals surface area contributed by atoms with Gasteiger partial charge in [0.1, 0.15) is 0 Å². The highest BCUT2D eigenvalue weighted by Gasteiger charge is 2.03. The van der Waals surface area contributed by atoms with Crippen LogP contribution in [0.4, 0.5) is 5.69 Å². The number of aromatic nitrogens is 2. The number of hydrogen-bond acceptors (Lipinski definition) is 3.